The zero-order valence-electron chi connectivity index (χ0n) is 16.4. The van der Waals surface area contributed by atoms with Gasteiger partial charge in [-0.05, 0) is 24.1 Å². The second kappa shape index (κ2) is 15.5. The van der Waals surface area contributed by atoms with Gasteiger partial charge in [-0.2, -0.15) is 0 Å². The molecule has 1 aromatic carbocycles. The van der Waals surface area contributed by atoms with Gasteiger partial charge in [0.25, 0.3) is 0 Å². The Kier molecular flexibility index (Phi) is 14.8. The number of nitrogens with zero attached hydrogens (tertiary/aromatic N) is 2. The van der Waals surface area contributed by atoms with Gasteiger partial charge in [0.15, 0.2) is 11.9 Å². The summed E-state index contributed by atoms with van der Waals surface area (Å²) >= 11 is 11.8. The standard InChI is InChI=1S/C17H27Cl2N5.H3O4P/c1-2-3-4-5-6-7-10-22-16(20)24-17(21)23-12-13-8-9-14(18)15(19)11-13;1-5(2,3)4/h8-9,11H,2-7,10,12H2,1H3,(H5,20,21,22,23,24);(H3,1,2,3,4). The summed E-state index contributed by atoms with van der Waals surface area (Å²) in [6, 6.07) is 5.34. The van der Waals surface area contributed by atoms with Crippen LogP contribution >= 0.6 is 31.0 Å². The van der Waals surface area contributed by atoms with E-state index in [1.807, 2.05) is 6.07 Å². The highest BCUT2D eigenvalue weighted by molar-refractivity contribution is 7.45. The maximum atomic E-state index is 8.88. The molecule has 0 atom stereocenters. The van der Waals surface area contributed by atoms with Crippen LogP contribution in [0.15, 0.2) is 28.2 Å². The lowest BCUT2D eigenvalue weighted by Gasteiger charge is -2.05. The number of benzene rings is 1. The molecule has 0 aliphatic rings. The average molecular weight is 470 g/mol. The van der Waals surface area contributed by atoms with Gasteiger partial charge in [0.2, 0.25) is 0 Å². The highest BCUT2D eigenvalue weighted by Gasteiger charge is 2.01. The highest BCUT2D eigenvalue weighted by atomic mass is 35.5. The Balaban J connectivity index is 0.00000139. The lowest BCUT2D eigenvalue weighted by Crippen LogP contribution is -2.41. The van der Waals surface area contributed by atoms with Crippen molar-refractivity contribution in [1.82, 2.24) is 5.32 Å². The third kappa shape index (κ3) is 18.4. The molecule has 0 unspecified atom stereocenters. The number of nitrogens with one attached hydrogen (secondary N) is 1. The molecule has 29 heavy (non-hydrogen) atoms. The fourth-order valence-electron chi connectivity index (χ4n) is 2.12. The second-order valence-corrected chi connectivity index (χ2v) is 7.96. The van der Waals surface area contributed by atoms with Crippen molar-refractivity contribution in [1.29, 1.82) is 0 Å². The first kappa shape index (κ1) is 27.6. The molecular formula is C17H30Cl2N5O4P. The van der Waals surface area contributed by atoms with Gasteiger partial charge in [0, 0.05) is 6.54 Å². The van der Waals surface area contributed by atoms with Crippen molar-refractivity contribution < 1.29 is 19.2 Å². The monoisotopic (exact) mass is 469 g/mol. The van der Waals surface area contributed by atoms with Crippen molar-refractivity contribution in [3.63, 3.8) is 0 Å². The first-order valence-electron chi connectivity index (χ1n) is 9.12. The first-order valence-corrected chi connectivity index (χ1v) is 11.4. The third-order valence-corrected chi connectivity index (χ3v) is 4.20. The largest absolute Gasteiger partial charge is 0.466 e. The molecule has 0 aromatic heterocycles. The van der Waals surface area contributed by atoms with E-state index in [1.54, 1.807) is 12.1 Å². The summed E-state index contributed by atoms with van der Waals surface area (Å²) in [7, 11) is -4.64. The molecule has 12 heteroatoms. The molecule has 0 heterocycles. The number of phosphoric acid groups is 1. The minimum absolute atomic E-state index is 0.227. The Hall–Kier alpha value is -1.35. The SMILES string of the molecule is CCCCCCCCN=C(N)NC(N)=NCc1ccc(Cl)c(Cl)c1.O=P(O)(O)O. The van der Waals surface area contributed by atoms with E-state index in [0.717, 1.165) is 12.0 Å². The minimum atomic E-state index is -4.64. The molecule has 8 N–H and O–H groups in total. The van der Waals surface area contributed by atoms with Crippen molar-refractivity contribution in [2.24, 2.45) is 21.5 Å². The van der Waals surface area contributed by atoms with Crippen LogP contribution in [0.25, 0.3) is 0 Å². The van der Waals surface area contributed by atoms with E-state index in [1.165, 1.54) is 32.1 Å². The van der Waals surface area contributed by atoms with Crippen LogP contribution in [0.2, 0.25) is 10.0 Å². The predicted octanol–water partition coefficient (Wildman–Crippen LogP) is 3.14. The lowest BCUT2D eigenvalue weighted by atomic mass is 10.1. The molecule has 166 valence electrons. The average Bonchev–Trinajstić information content (AvgIpc) is 2.60. The van der Waals surface area contributed by atoms with Gasteiger partial charge in [-0.25, -0.2) is 9.56 Å². The van der Waals surface area contributed by atoms with E-state index in [0.29, 0.717) is 29.1 Å². The van der Waals surface area contributed by atoms with Crippen molar-refractivity contribution in [2.75, 3.05) is 6.54 Å². The number of hydrogen-bond acceptors (Lipinski definition) is 3. The van der Waals surface area contributed by atoms with Crippen LogP contribution in [0.5, 0.6) is 0 Å². The Morgan fingerprint density at radius 3 is 2.14 bits per heavy atom. The van der Waals surface area contributed by atoms with E-state index >= 15 is 0 Å². The highest BCUT2D eigenvalue weighted by Crippen LogP contribution is 2.25. The first-order chi connectivity index (χ1) is 13.5. The number of halogens is 2. The summed E-state index contributed by atoms with van der Waals surface area (Å²) in [6.45, 7) is 3.30. The van der Waals surface area contributed by atoms with E-state index in [-0.39, 0.29) is 5.96 Å². The summed E-state index contributed by atoms with van der Waals surface area (Å²) in [6.07, 6.45) is 7.32. The van der Waals surface area contributed by atoms with Gasteiger partial charge in [-0.15, -0.1) is 0 Å². The summed E-state index contributed by atoms with van der Waals surface area (Å²) < 4.78 is 8.88. The molecule has 0 amide bonds. The van der Waals surface area contributed by atoms with Gasteiger partial charge in [-0.3, -0.25) is 10.3 Å². The molecule has 0 aliphatic carbocycles. The van der Waals surface area contributed by atoms with Crippen LogP contribution in [0, 0.1) is 0 Å². The van der Waals surface area contributed by atoms with Crippen LogP contribution < -0.4 is 16.8 Å². The molecule has 0 aliphatic heterocycles. The van der Waals surface area contributed by atoms with Gasteiger partial charge < -0.3 is 26.1 Å². The predicted molar refractivity (Wildman–Crippen MR) is 119 cm³/mol. The number of guanidine groups is 2. The molecule has 0 bridgehead atoms. The van der Waals surface area contributed by atoms with Gasteiger partial charge in [0.05, 0.1) is 16.6 Å². The van der Waals surface area contributed by atoms with Crippen molar-refractivity contribution >= 4 is 42.9 Å². The Bertz CT molecular complexity index is 705. The van der Waals surface area contributed by atoms with Crippen molar-refractivity contribution in [2.45, 2.75) is 52.0 Å². The molecular weight excluding hydrogens is 440 g/mol. The quantitative estimate of drug-likeness (QED) is 0.140. The molecule has 0 spiro atoms. The number of rotatable bonds is 9. The summed E-state index contributed by atoms with van der Waals surface area (Å²) in [5.41, 5.74) is 12.5. The maximum Gasteiger partial charge on any atom is 0.466 e. The zero-order chi connectivity index (χ0) is 22.3. The van der Waals surface area contributed by atoms with Crippen LogP contribution in [-0.4, -0.2) is 33.1 Å². The van der Waals surface area contributed by atoms with Crippen molar-refractivity contribution in [3.05, 3.63) is 33.8 Å². The molecule has 0 saturated heterocycles. The summed E-state index contributed by atoms with van der Waals surface area (Å²) in [5, 5.41) is 3.80. The van der Waals surface area contributed by atoms with E-state index < -0.39 is 7.82 Å². The summed E-state index contributed by atoms with van der Waals surface area (Å²) in [4.78, 5) is 30.0. The number of aliphatic imine (C=N–C) groups is 2. The maximum absolute atomic E-state index is 8.88. The fourth-order valence-corrected chi connectivity index (χ4v) is 2.44. The number of unbranched alkanes of at least 4 members (excludes halogenated alkanes) is 5. The van der Waals surface area contributed by atoms with E-state index in [2.05, 4.69) is 22.2 Å². The molecule has 0 fully saturated rings. The Morgan fingerprint density at radius 1 is 1.00 bits per heavy atom. The molecule has 0 radical (unpaired) electrons. The van der Waals surface area contributed by atoms with E-state index in [9.17, 15) is 0 Å². The van der Waals surface area contributed by atoms with Crippen LogP contribution in [0.3, 0.4) is 0 Å². The van der Waals surface area contributed by atoms with E-state index in [4.69, 9.17) is 53.9 Å². The molecule has 1 rings (SSSR count). The van der Waals surface area contributed by atoms with Crippen LogP contribution in [-0.2, 0) is 11.1 Å². The number of nitrogens with two attached hydrogens (primary N) is 2. The van der Waals surface area contributed by atoms with Gasteiger partial charge in [0.1, 0.15) is 0 Å². The Morgan fingerprint density at radius 2 is 1.55 bits per heavy atom. The smallest absolute Gasteiger partial charge is 0.370 e. The zero-order valence-corrected chi connectivity index (χ0v) is 18.8. The van der Waals surface area contributed by atoms with Crippen LogP contribution in [0.1, 0.15) is 51.0 Å². The molecule has 9 nitrogen and oxygen atoms in total. The lowest BCUT2D eigenvalue weighted by molar-refractivity contribution is 0.275. The normalized spacial score (nSPS) is 12.3. The topological polar surface area (TPSA) is 167 Å². The van der Waals surface area contributed by atoms with Gasteiger partial charge in [-0.1, -0.05) is 68.3 Å². The number of hydrogen-bond donors (Lipinski definition) is 6. The van der Waals surface area contributed by atoms with Crippen LogP contribution in [0.4, 0.5) is 0 Å². The second-order valence-electron chi connectivity index (χ2n) is 6.12. The van der Waals surface area contributed by atoms with Gasteiger partial charge >= 0.3 is 7.82 Å². The minimum Gasteiger partial charge on any atom is -0.370 e. The fraction of sp³-hybridized carbons (Fsp3) is 0.529. The molecule has 1 aromatic rings. The van der Waals surface area contributed by atoms with Crippen molar-refractivity contribution in [3.8, 4) is 0 Å². The third-order valence-electron chi connectivity index (χ3n) is 3.47. The molecule has 0 saturated carbocycles. The Labute approximate surface area is 181 Å². The summed E-state index contributed by atoms with van der Waals surface area (Å²) in [5.74, 6) is 0.518.